The molecule has 27 heavy (non-hydrogen) atoms. The summed E-state index contributed by atoms with van der Waals surface area (Å²) in [5.74, 6) is -1.23. The number of aromatic nitrogens is 2. The van der Waals surface area contributed by atoms with E-state index >= 15 is 0 Å². The van der Waals surface area contributed by atoms with Crippen LogP contribution in [0.4, 0.5) is 5.69 Å². The van der Waals surface area contributed by atoms with Crippen molar-refractivity contribution in [3.8, 4) is 0 Å². The zero-order valence-electron chi connectivity index (χ0n) is 14.4. The summed E-state index contributed by atoms with van der Waals surface area (Å²) in [4.78, 5) is 38.4. The Labute approximate surface area is 153 Å². The molecule has 9 heteroatoms. The van der Waals surface area contributed by atoms with Gasteiger partial charge in [-0.25, -0.2) is 4.98 Å². The second kappa shape index (κ2) is 7.65. The van der Waals surface area contributed by atoms with Gasteiger partial charge in [0, 0.05) is 30.1 Å². The number of rotatable bonds is 6. The average molecular weight is 368 g/mol. The first kappa shape index (κ1) is 18.1. The van der Waals surface area contributed by atoms with Crippen molar-refractivity contribution in [1.82, 2.24) is 14.7 Å². The minimum Gasteiger partial charge on any atom is -0.458 e. The molecule has 1 N–H and O–H groups in total. The number of ether oxygens (including phenoxy) is 1. The molecule has 0 saturated heterocycles. The van der Waals surface area contributed by atoms with E-state index in [1.54, 1.807) is 6.20 Å². The summed E-state index contributed by atoms with van der Waals surface area (Å²) < 4.78 is 6.94. The number of imidazole rings is 1. The van der Waals surface area contributed by atoms with Crippen LogP contribution in [0.15, 0.2) is 48.8 Å². The molecule has 9 nitrogen and oxygen atoms in total. The monoisotopic (exact) mass is 368 g/mol. The lowest BCUT2D eigenvalue weighted by molar-refractivity contribution is -0.384. The van der Waals surface area contributed by atoms with Crippen LogP contribution in [0.25, 0.3) is 5.65 Å². The standard InChI is InChI=1S/C18H16N4O5/c1-12-4-3-7-21-10-14(20-17(12)21)11-27-16(23)9-19-18(24)13-5-2-6-15(8-13)22(25)26/h2-8,10H,9,11H2,1H3,(H,19,24). The molecule has 2 aromatic heterocycles. The minimum atomic E-state index is -0.637. The smallest absolute Gasteiger partial charge is 0.325 e. The maximum absolute atomic E-state index is 12.0. The summed E-state index contributed by atoms with van der Waals surface area (Å²) in [6.07, 6.45) is 3.61. The number of carbonyl (C=O) groups is 2. The molecule has 1 aromatic carbocycles. The van der Waals surface area contributed by atoms with Crippen molar-refractivity contribution in [3.05, 3.63) is 75.7 Å². The van der Waals surface area contributed by atoms with E-state index in [0.717, 1.165) is 17.3 Å². The first-order valence-corrected chi connectivity index (χ1v) is 8.05. The highest BCUT2D eigenvalue weighted by Crippen LogP contribution is 2.13. The lowest BCUT2D eigenvalue weighted by Crippen LogP contribution is -2.30. The predicted octanol–water partition coefficient (Wildman–Crippen LogP) is 2.02. The molecule has 0 aliphatic heterocycles. The lowest BCUT2D eigenvalue weighted by Gasteiger charge is -2.05. The fourth-order valence-electron chi connectivity index (χ4n) is 2.49. The minimum absolute atomic E-state index is 0.0212. The van der Waals surface area contributed by atoms with Crippen molar-refractivity contribution in [2.75, 3.05) is 6.54 Å². The molecule has 1 amide bonds. The Bertz CT molecular complexity index is 1030. The van der Waals surface area contributed by atoms with Crippen molar-refractivity contribution < 1.29 is 19.2 Å². The second-order valence-corrected chi connectivity index (χ2v) is 5.81. The van der Waals surface area contributed by atoms with Crippen LogP contribution in [0, 0.1) is 17.0 Å². The maximum Gasteiger partial charge on any atom is 0.325 e. The molecule has 0 atom stereocenters. The lowest BCUT2D eigenvalue weighted by atomic mass is 10.2. The molecule has 0 aliphatic carbocycles. The number of nitro groups is 1. The molecule has 3 aromatic rings. The van der Waals surface area contributed by atoms with E-state index < -0.39 is 16.8 Å². The van der Waals surface area contributed by atoms with Gasteiger partial charge in [-0.3, -0.25) is 19.7 Å². The van der Waals surface area contributed by atoms with Gasteiger partial charge in [-0.15, -0.1) is 0 Å². The Kier molecular flexibility index (Phi) is 5.11. The Hall–Kier alpha value is -3.75. The van der Waals surface area contributed by atoms with Crippen molar-refractivity contribution in [1.29, 1.82) is 0 Å². The number of hydrogen-bond donors (Lipinski definition) is 1. The number of pyridine rings is 1. The number of nitro benzene ring substituents is 1. The zero-order chi connectivity index (χ0) is 19.4. The summed E-state index contributed by atoms with van der Waals surface area (Å²) in [7, 11) is 0. The normalized spacial score (nSPS) is 10.6. The zero-order valence-corrected chi connectivity index (χ0v) is 14.4. The van der Waals surface area contributed by atoms with E-state index in [9.17, 15) is 19.7 Å². The van der Waals surface area contributed by atoms with E-state index in [1.165, 1.54) is 18.2 Å². The van der Waals surface area contributed by atoms with Crippen molar-refractivity contribution in [2.24, 2.45) is 0 Å². The molecule has 3 rings (SSSR count). The highest BCUT2D eigenvalue weighted by molar-refractivity contribution is 5.96. The molecular weight excluding hydrogens is 352 g/mol. The van der Waals surface area contributed by atoms with Crippen molar-refractivity contribution in [2.45, 2.75) is 13.5 Å². The summed E-state index contributed by atoms with van der Waals surface area (Å²) in [6, 6.07) is 9.07. The van der Waals surface area contributed by atoms with Gasteiger partial charge in [-0.1, -0.05) is 12.1 Å². The quantitative estimate of drug-likeness (QED) is 0.404. The topological polar surface area (TPSA) is 116 Å². The van der Waals surface area contributed by atoms with Crippen LogP contribution in [-0.2, 0) is 16.1 Å². The molecular formula is C18H16N4O5. The number of amides is 1. The third-order valence-corrected chi connectivity index (χ3v) is 3.82. The second-order valence-electron chi connectivity index (χ2n) is 5.81. The number of fused-ring (bicyclic) bond motifs is 1. The largest absolute Gasteiger partial charge is 0.458 e. The van der Waals surface area contributed by atoms with Gasteiger partial charge in [-0.05, 0) is 24.6 Å². The van der Waals surface area contributed by atoms with Gasteiger partial charge in [0.15, 0.2) is 0 Å². The molecule has 0 aliphatic rings. The fraction of sp³-hybridized carbons (Fsp3) is 0.167. The van der Waals surface area contributed by atoms with E-state index in [-0.39, 0.29) is 24.4 Å². The predicted molar refractivity (Wildman–Crippen MR) is 95.2 cm³/mol. The van der Waals surface area contributed by atoms with Gasteiger partial charge in [0.25, 0.3) is 11.6 Å². The molecule has 0 spiro atoms. The van der Waals surface area contributed by atoms with Crippen LogP contribution in [0.1, 0.15) is 21.6 Å². The fourth-order valence-corrected chi connectivity index (χ4v) is 2.49. The van der Waals surface area contributed by atoms with Crippen LogP contribution in [0.2, 0.25) is 0 Å². The van der Waals surface area contributed by atoms with Gasteiger partial charge in [0.05, 0.1) is 10.6 Å². The molecule has 2 heterocycles. The highest BCUT2D eigenvalue weighted by atomic mass is 16.6. The molecule has 0 bridgehead atoms. The number of nitrogens with one attached hydrogen (secondary N) is 1. The van der Waals surface area contributed by atoms with Gasteiger partial charge in [0.1, 0.15) is 18.8 Å². The van der Waals surface area contributed by atoms with Gasteiger partial charge in [0.2, 0.25) is 0 Å². The molecule has 0 radical (unpaired) electrons. The number of esters is 1. The van der Waals surface area contributed by atoms with Crippen LogP contribution >= 0.6 is 0 Å². The first-order valence-electron chi connectivity index (χ1n) is 8.05. The summed E-state index contributed by atoms with van der Waals surface area (Å²) in [6.45, 7) is 1.56. The van der Waals surface area contributed by atoms with E-state index in [2.05, 4.69) is 10.3 Å². The first-order chi connectivity index (χ1) is 12.9. The average Bonchev–Trinajstić information content (AvgIpc) is 3.09. The molecule has 138 valence electrons. The van der Waals surface area contributed by atoms with Crippen molar-refractivity contribution in [3.63, 3.8) is 0 Å². The van der Waals surface area contributed by atoms with Crippen LogP contribution in [0.3, 0.4) is 0 Å². The van der Waals surface area contributed by atoms with Crippen LogP contribution in [-0.4, -0.2) is 32.7 Å². The summed E-state index contributed by atoms with van der Waals surface area (Å²) >= 11 is 0. The van der Waals surface area contributed by atoms with Crippen molar-refractivity contribution >= 4 is 23.2 Å². The Morgan fingerprint density at radius 1 is 1.30 bits per heavy atom. The molecule has 0 saturated carbocycles. The third-order valence-electron chi connectivity index (χ3n) is 3.82. The Balaban J connectivity index is 1.53. The summed E-state index contributed by atoms with van der Waals surface area (Å²) in [5, 5.41) is 13.1. The SMILES string of the molecule is Cc1cccn2cc(COC(=O)CNC(=O)c3cccc([N+](=O)[O-])c3)nc12. The van der Waals surface area contributed by atoms with E-state index in [1.807, 2.05) is 29.7 Å². The number of non-ortho nitro benzene ring substituents is 1. The van der Waals surface area contributed by atoms with Gasteiger partial charge in [-0.2, -0.15) is 0 Å². The van der Waals surface area contributed by atoms with Crippen LogP contribution in [0.5, 0.6) is 0 Å². The maximum atomic E-state index is 12.0. The number of aryl methyl sites for hydroxylation is 1. The highest BCUT2D eigenvalue weighted by Gasteiger charge is 2.13. The van der Waals surface area contributed by atoms with E-state index in [0.29, 0.717) is 5.69 Å². The number of benzene rings is 1. The van der Waals surface area contributed by atoms with E-state index in [4.69, 9.17) is 4.74 Å². The number of hydrogen-bond acceptors (Lipinski definition) is 6. The number of carbonyl (C=O) groups excluding carboxylic acids is 2. The Morgan fingerprint density at radius 2 is 2.11 bits per heavy atom. The third kappa shape index (κ3) is 4.27. The summed E-state index contributed by atoms with van der Waals surface area (Å²) in [5.41, 5.74) is 2.25. The van der Waals surface area contributed by atoms with Crippen LogP contribution < -0.4 is 5.32 Å². The number of nitrogens with zero attached hydrogens (tertiary/aromatic N) is 3. The van der Waals surface area contributed by atoms with Gasteiger partial charge < -0.3 is 14.5 Å². The molecule has 0 unspecified atom stereocenters. The molecule has 0 fully saturated rings. The van der Waals surface area contributed by atoms with Gasteiger partial charge >= 0.3 is 5.97 Å². The Morgan fingerprint density at radius 3 is 2.85 bits per heavy atom.